The van der Waals surface area contributed by atoms with Gasteiger partial charge in [0.15, 0.2) is 0 Å². The van der Waals surface area contributed by atoms with Gasteiger partial charge in [-0.15, -0.1) is 0 Å². The molecule has 1 aliphatic rings. The van der Waals surface area contributed by atoms with Gasteiger partial charge in [-0.1, -0.05) is 6.92 Å². The van der Waals surface area contributed by atoms with Crippen molar-refractivity contribution >= 4 is 9.73 Å². The molecule has 1 fully saturated rings. The molecule has 72 valence electrons. The predicted octanol–water partition coefficient (Wildman–Crippen LogP) is 1.05. The summed E-state index contributed by atoms with van der Waals surface area (Å²) in [5.74, 6) is 0.557. The Morgan fingerprint density at radius 3 is 2.42 bits per heavy atom. The maximum absolute atomic E-state index is 11.3. The van der Waals surface area contributed by atoms with Crippen molar-refractivity contribution in [3.8, 4) is 0 Å². The molecular formula is C8H18N2OS. The van der Waals surface area contributed by atoms with E-state index in [4.69, 9.17) is 4.78 Å². The lowest BCUT2D eigenvalue weighted by Gasteiger charge is -2.33. The molecule has 0 amide bonds. The maximum Gasteiger partial charge on any atom is 0.0417 e. The fraction of sp³-hybridized carbons (Fsp3) is 1.00. The first-order chi connectivity index (χ1) is 5.41. The Hall–Kier alpha value is -0.0900. The molecule has 1 heterocycles. The zero-order valence-corrected chi connectivity index (χ0v) is 8.67. The van der Waals surface area contributed by atoms with Crippen molar-refractivity contribution in [3.63, 3.8) is 0 Å². The van der Waals surface area contributed by atoms with Crippen LogP contribution in [0.25, 0.3) is 0 Å². The zero-order valence-electron chi connectivity index (χ0n) is 7.85. The van der Waals surface area contributed by atoms with Crippen LogP contribution in [0.5, 0.6) is 0 Å². The van der Waals surface area contributed by atoms with Gasteiger partial charge < -0.3 is 5.32 Å². The standard InChI is InChI=1S/C8H18N2OS/c1-8(7-12(2,9)11)3-5-10-6-4-8/h9-10H,3-7H2,1-2H3. The van der Waals surface area contributed by atoms with Crippen LogP contribution < -0.4 is 5.32 Å². The van der Waals surface area contributed by atoms with Crippen LogP contribution in [0.4, 0.5) is 0 Å². The van der Waals surface area contributed by atoms with Gasteiger partial charge in [0.25, 0.3) is 0 Å². The Morgan fingerprint density at radius 2 is 2.00 bits per heavy atom. The van der Waals surface area contributed by atoms with E-state index in [0.717, 1.165) is 25.9 Å². The van der Waals surface area contributed by atoms with E-state index in [-0.39, 0.29) is 5.41 Å². The lowest BCUT2D eigenvalue weighted by molar-refractivity contribution is 0.263. The van der Waals surface area contributed by atoms with E-state index < -0.39 is 9.73 Å². The molecule has 0 radical (unpaired) electrons. The number of hydrogen-bond acceptors (Lipinski definition) is 3. The van der Waals surface area contributed by atoms with Gasteiger partial charge >= 0.3 is 0 Å². The topological polar surface area (TPSA) is 53.0 Å². The van der Waals surface area contributed by atoms with E-state index in [1.807, 2.05) is 0 Å². The molecule has 1 atom stereocenters. The summed E-state index contributed by atoms with van der Waals surface area (Å²) >= 11 is 0. The van der Waals surface area contributed by atoms with Crippen molar-refractivity contribution < 1.29 is 4.21 Å². The summed E-state index contributed by atoms with van der Waals surface area (Å²) in [7, 11) is -2.31. The van der Waals surface area contributed by atoms with Gasteiger partial charge in [0.05, 0.1) is 0 Å². The van der Waals surface area contributed by atoms with Crippen LogP contribution in [-0.2, 0) is 9.73 Å². The van der Waals surface area contributed by atoms with Gasteiger partial charge in [-0.3, -0.25) is 8.99 Å². The maximum atomic E-state index is 11.3. The van der Waals surface area contributed by atoms with E-state index in [0.29, 0.717) is 5.75 Å². The SMILES string of the molecule is CC1(CS(C)(=N)=O)CCNCC1. The number of piperidine rings is 1. The summed E-state index contributed by atoms with van der Waals surface area (Å²) < 4.78 is 18.7. The molecule has 0 aliphatic carbocycles. The molecule has 1 saturated heterocycles. The molecule has 2 N–H and O–H groups in total. The molecule has 1 aliphatic heterocycles. The monoisotopic (exact) mass is 190 g/mol. The Morgan fingerprint density at radius 1 is 1.50 bits per heavy atom. The largest absolute Gasteiger partial charge is 0.317 e. The number of nitrogens with one attached hydrogen (secondary N) is 2. The Bertz CT molecular complexity index is 240. The highest BCUT2D eigenvalue weighted by atomic mass is 32.2. The first-order valence-electron chi connectivity index (χ1n) is 4.34. The minimum absolute atomic E-state index is 0.138. The highest BCUT2D eigenvalue weighted by Gasteiger charge is 2.28. The third kappa shape index (κ3) is 3.11. The molecule has 0 aromatic heterocycles. The van der Waals surface area contributed by atoms with Crippen molar-refractivity contribution in [1.82, 2.24) is 5.32 Å². The highest BCUT2D eigenvalue weighted by Crippen LogP contribution is 2.29. The molecule has 12 heavy (non-hydrogen) atoms. The molecular weight excluding hydrogens is 172 g/mol. The second-order valence-corrected chi connectivity index (χ2v) is 6.51. The summed E-state index contributed by atoms with van der Waals surface area (Å²) in [5.41, 5.74) is 0.138. The predicted molar refractivity (Wildman–Crippen MR) is 51.9 cm³/mol. The molecule has 0 saturated carbocycles. The van der Waals surface area contributed by atoms with Crippen molar-refractivity contribution in [2.24, 2.45) is 5.41 Å². The van der Waals surface area contributed by atoms with Gasteiger partial charge in [-0.2, -0.15) is 0 Å². The summed E-state index contributed by atoms with van der Waals surface area (Å²) in [6, 6.07) is 0. The summed E-state index contributed by atoms with van der Waals surface area (Å²) in [6.45, 7) is 4.16. The van der Waals surface area contributed by atoms with Crippen molar-refractivity contribution in [2.45, 2.75) is 19.8 Å². The Balaban J connectivity index is 2.59. The van der Waals surface area contributed by atoms with Gasteiger partial charge in [0.1, 0.15) is 0 Å². The average molecular weight is 190 g/mol. The van der Waals surface area contributed by atoms with E-state index in [2.05, 4.69) is 12.2 Å². The van der Waals surface area contributed by atoms with Gasteiger partial charge in [0.2, 0.25) is 0 Å². The van der Waals surface area contributed by atoms with Crippen LogP contribution in [0.15, 0.2) is 0 Å². The summed E-state index contributed by atoms with van der Waals surface area (Å²) in [5, 5.41) is 3.27. The van der Waals surface area contributed by atoms with Crippen molar-refractivity contribution in [1.29, 1.82) is 4.78 Å². The average Bonchev–Trinajstić information content (AvgIpc) is 1.83. The van der Waals surface area contributed by atoms with Crippen molar-refractivity contribution in [3.05, 3.63) is 0 Å². The van der Waals surface area contributed by atoms with E-state index in [9.17, 15) is 4.21 Å². The van der Waals surface area contributed by atoms with Crippen LogP contribution in [0.1, 0.15) is 19.8 Å². The molecule has 0 spiro atoms. The first kappa shape index (κ1) is 9.99. The third-order valence-corrected chi connectivity index (χ3v) is 3.68. The van der Waals surface area contributed by atoms with E-state index in [1.54, 1.807) is 6.26 Å². The molecule has 0 aromatic rings. The quantitative estimate of drug-likeness (QED) is 0.684. The van der Waals surface area contributed by atoms with Gasteiger partial charge in [-0.25, -0.2) is 0 Å². The molecule has 3 nitrogen and oxygen atoms in total. The van der Waals surface area contributed by atoms with Gasteiger partial charge in [-0.05, 0) is 31.3 Å². The fourth-order valence-corrected chi connectivity index (χ4v) is 3.46. The number of hydrogen-bond donors (Lipinski definition) is 2. The smallest absolute Gasteiger partial charge is 0.0417 e. The molecule has 0 bridgehead atoms. The van der Waals surface area contributed by atoms with E-state index >= 15 is 0 Å². The van der Waals surface area contributed by atoms with Crippen LogP contribution in [0, 0.1) is 10.2 Å². The van der Waals surface area contributed by atoms with Crippen LogP contribution in [0.3, 0.4) is 0 Å². The normalized spacial score (nSPS) is 27.8. The molecule has 0 aromatic carbocycles. The fourth-order valence-electron chi connectivity index (χ4n) is 1.84. The van der Waals surface area contributed by atoms with Crippen LogP contribution in [0.2, 0.25) is 0 Å². The lowest BCUT2D eigenvalue weighted by Crippen LogP contribution is -2.38. The summed E-state index contributed by atoms with van der Waals surface area (Å²) in [4.78, 5) is 0. The second-order valence-electron chi connectivity index (χ2n) is 4.21. The second kappa shape index (κ2) is 3.34. The Labute approximate surface area is 74.9 Å². The van der Waals surface area contributed by atoms with Crippen LogP contribution in [-0.4, -0.2) is 29.3 Å². The minimum Gasteiger partial charge on any atom is -0.317 e. The van der Waals surface area contributed by atoms with E-state index in [1.165, 1.54) is 0 Å². The minimum atomic E-state index is -2.31. The first-order valence-corrected chi connectivity index (χ1v) is 6.47. The lowest BCUT2D eigenvalue weighted by atomic mass is 9.83. The number of rotatable bonds is 2. The third-order valence-electron chi connectivity index (χ3n) is 2.43. The molecule has 1 rings (SSSR count). The van der Waals surface area contributed by atoms with Gasteiger partial charge in [0, 0.05) is 21.7 Å². The molecule has 4 heteroatoms. The van der Waals surface area contributed by atoms with Crippen molar-refractivity contribution in [2.75, 3.05) is 25.1 Å². The summed E-state index contributed by atoms with van der Waals surface area (Å²) in [6.07, 6.45) is 3.65. The Kier molecular flexibility index (Phi) is 2.78. The zero-order chi connectivity index (χ0) is 9.24. The van der Waals surface area contributed by atoms with Crippen LogP contribution >= 0.6 is 0 Å². The molecule has 1 unspecified atom stereocenters. The highest BCUT2D eigenvalue weighted by molar-refractivity contribution is 7.91.